The maximum absolute atomic E-state index is 12.5. The molecule has 1 aromatic rings. The molecule has 0 spiro atoms. The van der Waals surface area contributed by atoms with E-state index < -0.39 is 17.7 Å². The number of carbonyl (C=O) groups excluding carboxylic acids is 2. The molecule has 1 saturated heterocycles. The fraction of sp³-hybridized carbons (Fsp3) is 0.529. The smallest absolute Gasteiger partial charge is 0.339 e. The van der Waals surface area contributed by atoms with Gasteiger partial charge in [0.05, 0.1) is 11.5 Å². The third-order valence-electron chi connectivity index (χ3n) is 4.77. The lowest BCUT2D eigenvalue weighted by molar-refractivity contribution is -0.137. The van der Waals surface area contributed by atoms with Crippen molar-refractivity contribution < 1.29 is 22.8 Å². The van der Waals surface area contributed by atoms with Crippen LogP contribution in [0.1, 0.15) is 37.7 Å². The molecule has 0 bridgehead atoms. The Hall–Kier alpha value is -2.05. The van der Waals surface area contributed by atoms with Gasteiger partial charge in [0.2, 0.25) is 11.8 Å². The van der Waals surface area contributed by atoms with Gasteiger partial charge < -0.3 is 10.2 Å². The number of rotatable bonds is 3. The maximum atomic E-state index is 12.5. The Morgan fingerprint density at radius 3 is 2.33 bits per heavy atom. The second-order valence-electron chi connectivity index (χ2n) is 6.45. The van der Waals surface area contributed by atoms with Crippen LogP contribution in [0.25, 0.3) is 0 Å². The number of halogens is 3. The molecule has 130 valence electrons. The summed E-state index contributed by atoms with van der Waals surface area (Å²) in [6.07, 6.45) is -0.0448. The lowest BCUT2D eigenvalue weighted by Gasteiger charge is -2.23. The third kappa shape index (κ3) is 3.55. The van der Waals surface area contributed by atoms with Crippen LogP contribution in [0.15, 0.2) is 24.3 Å². The second-order valence-corrected chi connectivity index (χ2v) is 6.45. The molecule has 1 heterocycles. The van der Waals surface area contributed by atoms with Crippen LogP contribution in [-0.2, 0) is 15.8 Å². The fourth-order valence-corrected chi connectivity index (χ4v) is 3.46. The molecule has 1 aliphatic carbocycles. The first-order valence-corrected chi connectivity index (χ1v) is 8.12. The Labute approximate surface area is 138 Å². The summed E-state index contributed by atoms with van der Waals surface area (Å²) in [6, 6.07) is 4.56. The molecule has 1 atom stereocenters. The second kappa shape index (κ2) is 6.45. The van der Waals surface area contributed by atoms with E-state index >= 15 is 0 Å². The standard InChI is InChI=1S/C17H19F3N2O2/c18-17(19,20)12-5-7-13(8-6-12)21-16(24)11-9-15(23)22(10-11)14-3-1-2-4-14/h5-8,11,14H,1-4,9-10H2,(H,21,24). The van der Waals surface area contributed by atoms with Gasteiger partial charge in [0.1, 0.15) is 0 Å². The topological polar surface area (TPSA) is 49.4 Å². The van der Waals surface area contributed by atoms with Crippen LogP contribution in [0.3, 0.4) is 0 Å². The number of benzene rings is 1. The number of hydrogen-bond donors (Lipinski definition) is 1. The highest BCUT2D eigenvalue weighted by atomic mass is 19.4. The van der Waals surface area contributed by atoms with Crippen LogP contribution < -0.4 is 5.32 Å². The summed E-state index contributed by atoms with van der Waals surface area (Å²) in [7, 11) is 0. The minimum Gasteiger partial charge on any atom is -0.339 e. The van der Waals surface area contributed by atoms with E-state index in [-0.39, 0.29) is 24.3 Å². The van der Waals surface area contributed by atoms with Gasteiger partial charge in [0.25, 0.3) is 0 Å². The van der Waals surface area contributed by atoms with Gasteiger partial charge in [0.15, 0.2) is 0 Å². The van der Waals surface area contributed by atoms with Crippen molar-refractivity contribution in [2.75, 3.05) is 11.9 Å². The first kappa shape index (κ1) is 16.8. The molecule has 24 heavy (non-hydrogen) atoms. The predicted molar refractivity (Wildman–Crippen MR) is 82.1 cm³/mol. The van der Waals surface area contributed by atoms with Crippen molar-refractivity contribution in [2.45, 2.75) is 44.3 Å². The molecule has 7 heteroatoms. The quantitative estimate of drug-likeness (QED) is 0.916. The lowest BCUT2D eigenvalue weighted by atomic mass is 10.1. The van der Waals surface area contributed by atoms with Gasteiger partial charge in [0, 0.05) is 24.7 Å². The van der Waals surface area contributed by atoms with Gasteiger partial charge in [-0.2, -0.15) is 13.2 Å². The number of alkyl halides is 3. The molecule has 1 aromatic carbocycles. The SMILES string of the molecule is O=C(Nc1ccc(C(F)(F)F)cc1)C1CC(=O)N(C2CCCC2)C1. The molecule has 1 aliphatic heterocycles. The maximum Gasteiger partial charge on any atom is 0.416 e. The Morgan fingerprint density at radius 2 is 1.75 bits per heavy atom. The number of likely N-dealkylation sites (tertiary alicyclic amines) is 1. The van der Waals surface area contributed by atoms with Crippen LogP contribution in [-0.4, -0.2) is 29.3 Å². The highest BCUT2D eigenvalue weighted by molar-refractivity contribution is 5.97. The molecule has 1 saturated carbocycles. The van der Waals surface area contributed by atoms with Crippen LogP contribution >= 0.6 is 0 Å². The molecule has 2 fully saturated rings. The average Bonchev–Trinajstić information content (AvgIpc) is 3.16. The van der Waals surface area contributed by atoms with Crippen molar-refractivity contribution in [2.24, 2.45) is 5.92 Å². The summed E-state index contributed by atoms with van der Waals surface area (Å²) in [5, 5.41) is 2.61. The van der Waals surface area contributed by atoms with E-state index in [1.165, 1.54) is 12.1 Å². The van der Waals surface area contributed by atoms with Gasteiger partial charge in [-0.15, -0.1) is 0 Å². The Balaban J connectivity index is 1.60. The van der Waals surface area contributed by atoms with Crippen LogP contribution in [0.2, 0.25) is 0 Å². The van der Waals surface area contributed by atoms with Gasteiger partial charge in [-0.05, 0) is 37.1 Å². The highest BCUT2D eigenvalue weighted by Gasteiger charge is 2.38. The number of nitrogens with one attached hydrogen (secondary N) is 1. The van der Waals surface area contributed by atoms with Crippen LogP contribution in [0.5, 0.6) is 0 Å². The van der Waals surface area contributed by atoms with Gasteiger partial charge >= 0.3 is 6.18 Å². The Kier molecular flexibility index (Phi) is 4.51. The van der Waals surface area contributed by atoms with Crippen LogP contribution in [0, 0.1) is 5.92 Å². The molecule has 0 radical (unpaired) electrons. The molecule has 2 amide bonds. The zero-order valence-electron chi connectivity index (χ0n) is 13.1. The van der Waals surface area contributed by atoms with Gasteiger partial charge in [-0.1, -0.05) is 12.8 Å². The number of nitrogens with zero attached hydrogens (tertiary/aromatic N) is 1. The van der Waals surface area contributed by atoms with Crippen molar-refractivity contribution >= 4 is 17.5 Å². The van der Waals surface area contributed by atoms with E-state index in [4.69, 9.17) is 0 Å². The Bertz CT molecular complexity index is 622. The third-order valence-corrected chi connectivity index (χ3v) is 4.77. The van der Waals surface area contributed by atoms with E-state index in [1.807, 2.05) is 0 Å². The molecule has 1 N–H and O–H groups in total. The summed E-state index contributed by atoms with van der Waals surface area (Å²) in [5.41, 5.74) is -0.455. The van der Waals surface area contributed by atoms with Crippen molar-refractivity contribution in [1.29, 1.82) is 0 Å². The normalized spacial score (nSPS) is 22.2. The molecule has 4 nitrogen and oxygen atoms in total. The van der Waals surface area contributed by atoms with Crippen molar-refractivity contribution in [3.05, 3.63) is 29.8 Å². The van der Waals surface area contributed by atoms with Crippen LogP contribution in [0.4, 0.5) is 18.9 Å². The van der Waals surface area contributed by atoms with Gasteiger partial charge in [-0.25, -0.2) is 0 Å². The molecular weight excluding hydrogens is 321 g/mol. The summed E-state index contributed by atoms with van der Waals surface area (Å²) < 4.78 is 37.6. The van der Waals surface area contributed by atoms with Gasteiger partial charge in [-0.3, -0.25) is 9.59 Å². The van der Waals surface area contributed by atoms with E-state index in [0.29, 0.717) is 12.2 Å². The van der Waals surface area contributed by atoms with E-state index in [2.05, 4.69) is 5.32 Å². The number of anilines is 1. The molecule has 2 aliphatic rings. The van der Waals surface area contributed by atoms with E-state index in [1.54, 1.807) is 4.90 Å². The molecular formula is C17H19F3N2O2. The first-order valence-electron chi connectivity index (χ1n) is 8.12. The minimum absolute atomic E-state index is 0.00512. The monoisotopic (exact) mass is 340 g/mol. The number of amides is 2. The Morgan fingerprint density at radius 1 is 1.12 bits per heavy atom. The molecule has 3 rings (SSSR count). The summed E-state index contributed by atoms with van der Waals surface area (Å²) in [4.78, 5) is 26.2. The average molecular weight is 340 g/mol. The van der Waals surface area contributed by atoms with E-state index in [0.717, 1.165) is 37.8 Å². The number of hydrogen-bond acceptors (Lipinski definition) is 2. The fourth-order valence-electron chi connectivity index (χ4n) is 3.46. The van der Waals surface area contributed by atoms with Crippen molar-refractivity contribution in [1.82, 2.24) is 4.90 Å². The van der Waals surface area contributed by atoms with Crippen molar-refractivity contribution in [3.63, 3.8) is 0 Å². The zero-order valence-corrected chi connectivity index (χ0v) is 13.1. The van der Waals surface area contributed by atoms with E-state index in [9.17, 15) is 22.8 Å². The summed E-state index contributed by atoms with van der Waals surface area (Å²) in [5.74, 6) is -0.765. The molecule has 0 aromatic heterocycles. The minimum atomic E-state index is -4.40. The largest absolute Gasteiger partial charge is 0.416 e. The first-order chi connectivity index (χ1) is 11.3. The summed E-state index contributed by atoms with van der Waals surface area (Å²) >= 11 is 0. The number of carbonyl (C=O) groups is 2. The zero-order chi connectivity index (χ0) is 17.3. The molecule has 1 unspecified atom stereocenters. The van der Waals surface area contributed by atoms with Crippen molar-refractivity contribution in [3.8, 4) is 0 Å². The predicted octanol–water partition coefficient (Wildman–Crippen LogP) is 3.44. The lowest BCUT2D eigenvalue weighted by Crippen LogP contribution is -2.35. The summed E-state index contributed by atoms with van der Waals surface area (Å²) in [6.45, 7) is 0.399. The highest BCUT2D eigenvalue weighted by Crippen LogP contribution is 2.31.